The van der Waals surface area contributed by atoms with E-state index in [0.717, 1.165) is 73.0 Å². The molecule has 7 nitrogen and oxygen atoms in total. The second-order valence-corrected chi connectivity index (χ2v) is 8.18. The standard InChI is InChI=1S/C20H30N6O/c1-13-10-14(12-18-19(13)24-25-23-18)11-17(21)20(27)26-8-4-16(5-9-26)15-2-6-22-7-3-15/h10,12,15-17,22H,2-9,11,21H2,1H3,(H,23,24,25). The van der Waals surface area contributed by atoms with E-state index in [2.05, 4.69) is 26.8 Å². The number of aromatic nitrogens is 3. The van der Waals surface area contributed by atoms with Gasteiger partial charge in [0.05, 0.1) is 11.6 Å². The Morgan fingerprint density at radius 3 is 2.67 bits per heavy atom. The largest absolute Gasteiger partial charge is 0.341 e. The van der Waals surface area contributed by atoms with Crippen molar-refractivity contribution in [3.8, 4) is 0 Å². The summed E-state index contributed by atoms with van der Waals surface area (Å²) in [6.07, 6.45) is 5.33. The zero-order valence-electron chi connectivity index (χ0n) is 16.1. The van der Waals surface area contributed by atoms with Crippen LogP contribution in [-0.2, 0) is 11.2 Å². The van der Waals surface area contributed by atoms with Crippen LogP contribution in [0.25, 0.3) is 11.0 Å². The number of nitrogens with two attached hydrogens (primary N) is 1. The molecule has 1 atom stereocenters. The number of carbonyl (C=O) groups excluding carboxylic acids is 1. The summed E-state index contributed by atoms with van der Waals surface area (Å²) in [6, 6.07) is 3.55. The molecule has 0 saturated carbocycles. The van der Waals surface area contributed by atoms with Crippen molar-refractivity contribution >= 4 is 16.9 Å². The molecule has 2 fully saturated rings. The third-order valence-electron chi connectivity index (χ3n) is 6.37. The van der Waals surface area contributed by atoms with Crippen molar-refractivity contribution in [2.45, 2.75) is 45.1 Å². The van der Waals surface area contributed by atoms with E-state index in [1.807, 2.05) is 17.9 Å². The quantitative estimate of drug-likeness (QED) is 0.755. The third-order valence-corrected chi connectivity index (χ3v) is 6.37. The molecule has 4 rings (SSSR count). The summed E-state index contributed by atoms with van der Waals surface area (Å²) in [4.78, 5) is 14.8. The monoisotopic (exact) mass is 370 g/mol. The Morgan fingerprint density at radius 1 is 1.22 bits per heavy atom. The molecule has 3 heterocycles. The number of aromatic amines is 1. The maximum Gasteiger partial charge on any atom is 0.239 e. The number of benzene rings is 1. The van der Waals surface area contributed by atoms with Crippen LogP contribution in [0, 0.1) is 18.8 Å². The highest BCUT2D eigenvalue weighted by Crippen LogP contribution is 2.31. The SMILES string of the molecule is Cc1cc(CC(N)C(=O)N2CCC(C3CCNCC3)CC2)cc2nn[nH]c12. The number of amides is 1. The van der Waals surface area contributed by atoms with Crippen LogP contribution in [0.3, 0.4) is 0 Å². The number of carbonyl (C=O) groups is 1. The molecular formula is C20H30N6O. The lowest BCUT2D eigenvalue weighted by atomic mass is 9.79. The molecule has 0 bridgehead atoms. The van der Waals surface area contributed by atoms with Gasteiger partial charge in [-0.05, 0) is 81.1 Å². The summed E-state index contributed by atoms with van der Waals surface area (Å²) in [6.45, 7) is 6.00. The van der Waals surface area contributed by atoms with E-state index < -0.39 is 6.04 Å². The lowest BCUT2D eigenvalue weighted by Gasteiger charge is -2.38. The fraction of sp³-hybridized carbons (Fsp3) is 0.650. The first-order valence-corrected chi connectivity index (χ1v) is 10.2. The Kier molecular flexibility index (Phi) is 5.41. The van der Waals surface area contributed by atoms with E-state index in [-0.39, 0.29) is 5.91 Å². The van der Waals surface area contributed by atoms with Crippen LogP contribution in [0.15, 0.2) is 12.1 Å². The smallest absolute Gasteiger partial charge is 0.239 e. The van der Waals surface area contributed by atoms with Gasteiger partial charge in [-0.3, -0.25) is 9.89 Å². The summed E-state index contributed by atoms with van der Waals surface area (Å²) < 4.78 is 0. The Labute approximate surface area is 160 Å². The van der Waals surface area contributed by atoms with Crippen molar-refractivity contribution in [2.75, 3.05) is 26.2 Å². The van der Waals surface area contributed by atoms with Gasteiger partial charge < -0.3 is 16.0 Å². The summed E-state index contributed by atoms with van der Waals surface area (Å²) in [5.41, 5.74) is 10.2. The number of fused-ring (bicyclic) bond motifs is 1. The van der Waals surface area contributed by atoms with Gasteiger partial charge in [0, 0.05) is 13.1 Å². The molecule has 2 aliphatic rings. The molecule has 4 N–H and O–H groups in total. The van der Waals surface area contributed by atoms with Gasteiger partial charge in [0.15, 0.2) is 0 Å². The van der Waals surface area contributed by atoms with Crippen molar-refractivity contribution in [3.05, 3.63) is 23.3 Å². The number of rotatable bonds is 4. The number of nitrogens with one attached hydrogen (secondary N) is 2. The van der Waals surface area contributed by atoms with E-state index in [4.69, 9.17) is 5.73 Å². The van der Waals surface area contributed by atoms with Gasteiger partial charge in [0.25, 0.3) is 0 Å². The molecule has 146 valence electrons. The Hall–Kier alpha value is -1.99. The van der Waals surface area contributed by atoms with Gasteiger partial charge >= 0.3 is 0 Å². The van der Waals surface area contributed by atoms with E-state index in [0.29, 0.717) is 6.42 Å². The average molecular weight is 371 g/mol. The number of hydrogen-bond donors (Lipinski definition) is 3. The number of nitrogens with zero attached hydrogens (tertiary/aromatic N) is 3. The number of aryl methyl sites for hydroxylation is 1. The summed E-state index contributed by atoms with van der Waals surface area (Å²) in [5.74, 6) is 1.68. The summed E-state index contributed by atoms with van der Waals surface area (Å²) in [7, 11) is 0. The average Bonchev–Trinajstić information content (AvgIpc) is 3.17. The highest BCUT2D eigenvalue weighted by atomic mass is 16.2. The molecule has 2 saturated heterocycles. The second-order valence-electron chi connectivity index (χ2n) is 8.18. The lowest BCUT2D eigenvalue weighted by molar-refractivity contribution is -0.134. The second kappa shape index (κ2) is 7.94. The van der Waals surface area contributed by atoms with Gasteiger partial charge in [-0.1, -0.05) is 11.3 Å². The maximum absolute atomic E-state index is 12.8. The first-order valence-electron chi connectivity index (χ1n) is 10.2. The Morgan fingerprint density at radius 2 is 1.93 bits per heavy atom. The van der Waals surface area contributed by atoms with Crippen molar-refractivity contribution in [3.63, 3.8) is 0 Å². The molecule has 1 aromatic heterocycles. The summed E-state index contributed by atoms with van der Waals surface area (Å²) >= 11 is 0. The zero-order chi connectivity index (χ0) is 18.8. The molecule has 1 unspecified atom stereocenters. The minimum Gasteiger partial charge on any atom is -0.341 e. The van der Waals surface area contributed by atoms with Gasteiger partial charge in [-0.25, -0.2) is 0 Å². The highest BCUT2D eigenvalue weighted by molar-refractivity contribution is 5.83. The highest BCUT2D eigenvalue weighted by Gasteiger charge is 2.30. The van der Waals surface area contributed by atoms with Crippen LogP contribution in [0.1, 0.15) is 36.8 Å². The predicted octanol–water partition coefficient (Wildman–Crippen LogP) is 1.37. The maximum atomic E-state index is 12.8. The van der Waals surface area contributed by atoms with Crippen LogP contribution >= 0.6 is 0 Å². The number of piperidine rings is 2. The molecular weight excluding hydrogens is 340 g/mol. The topological polar surface area (TPSA) is 99.9 Å². The molecule has 0 aliphatic carbocycles. The number of hydrogen-bond acceptors (Lipinski definition) is 5. The molecule has 7 heteroatoms. The van der Waals surface area contributed by atoms with Gasteiger partial charge in [-0.15, -0.1) is 5.10 Å². The molecule has 0 radical (unpaired) electrons. The fourth-order valence-corrected chi connectivity index (χ4v) is 4.80. The zero-order valence-corrected chi connectivity index (χ0v) is 16.1. The summed E-state index contributed by atoms with van der Waals surface area (Å²) in [5, 5.41) is 14.3. The predicted molar refractivity (Wildman–Crippen MR) is 105 cm³/mol. The van der Waals surface area contributed by atoms with Gasteiger partial charge in [0.2, 0.25) is 5.91 Å². The lowest BCUT2D eigenvalue weighted by Crippen LogP contribution is -2.49. The van der Waals surface area contributed by atoms with Crippen molar-refractivity contribution in [1.29, 1.82) is 0 Å². The fourth-order valence-electron chi connectivity index (χ4n) is 4.80. The van der Waals surface area contributed by atoms with Gasteiger partial charge in [0.1, 0.15) is 5.52 Å². The Balaban J connectivity index is 1.33. The van der Waals surface area contributed by atoms with Crippen molar-refractivity contribution in [1.82, 2.24) is 25.6 Å². The molecule has 0 spiro atoms. The minimum absolute atomic E-state index is 0.0802. The minimum atomic E-state index is -0.496. The van der Waals surface area contributed by atoms with Gasteiger partial charge in [-0.2, -0.15) is 0 Å². The van der Waals surface area contributed by atoms with E-state index in [1.54, 1.807) is 0 Å². The number of H-pyrrole nitrogens is 1. The molecule has 2 aromatic rings. The first kappa shape index (κ1) is 18.4. The number of likely N-dealkylation sites (tertiary alicyclic amines) is 1. The third kappa shape index (κ3) is 3.99. The van der Waals surface area contributed by atoms with Crippen LogP contribution in [-0.4, -0.2) is 58.4 Å². The Bertz CT molecular complexity index is 789. The van der Waals surface area contributed by atoms with E-state index in [1.165, 1.54) is 12.8 Å². The molecule has 1 amide bonds. The normalized spacial score (nSPS) is 20.9. The van der Waals surface area contributed by atoms with Crippen LogP contribution in [0.5, 0.6) is 0 Å². The van der Waals surface area contributed by atoms with Crippen molar-refractivity contribution in [2.24, 2.45) is 17.6 Å². The molecule has 2 aliphatic heterocycles. The molecule has 27 heavy (non-hydrogen) atoms. The first-order chi connectivity index (χ1) is 13.1. The van der Waals surface area contributed by atoms with E-state index in [9.17, 15) is 4.79 Å². The van der Waals surface area contributed by atoms with Crippen molar-refractivity contribution < 1.29 is 4.79 Å². The van der Waals surface area contributed by atoms with E-state index >= 15 is 0 Å². The van der Waals surface area contributed by atoms with Crippen LogP contribution in [0.4, 0.5) is 0 Å². The van der Waals surface area contributed by atoms with Crippen LogP contribution < -0.4 is 11.1 Å². The van der Waals surface area contributed by atoms with Crippen LogP contribution in [0.2, 0.25) is 0 Å². The molecule has 1 aromatic carbocycles.